The molecule has 0 saturated heterocycles. The highest BCUT2D eigenvalue weighted by atomic mass is 32.2. The Bertz CT molecular complexity index is 2130. The van der Waals surface area contributed by atoms with Gasteiger partial charge in [0.1, 0.15) is 22.7 Å². The van der Waals surface area contributed by atoms with Crippen LogP contribution in [-0.4, -0.2) is 39.7 Å². The SMILES string of the molecule is CNC(=O)c1c(-c2ccc(F)cc2)oc2cc(N(C)S(C)(=O)=O)c(-c3cc(C)c(-c4nc5c(F)cccc5o4)s3)cc12. The predicted octanol–water partition coefficient (Wildman–Crippen LogP) is 6.98. The van der Waals surface area contributed by atoms with Gasteiger partial charge < -0.3 is 14.2 Å². The van der Waals surface area contributed by atoms with E-state index >= 15 is 0 Å². The maximum atomic E-state index is 14.3. The molecule has 0 atom stereocenters. The standard InChI is InChI=1S/C30H23F2N3O5S2/c1-15-12-24(41-28(15)30-34-26-20(32)6-5-7-22(26)40-30)18-13-19-23(14-21(18)35(3)42(4,37)38)39-27(25(19)29(36)33-2)16-8-10-17(31)11-9-16/h5-14H,1-4H3,(H,33,36). The Balaban J connectivity index is 1.61. The van der Waals surface area contributed by atoms with E-state index in [2.05, 4.69) is 10.3 Å². The minimum atomic E-state index is -3.71. The monoisotopic (exact) mass is 607 g/mol. The fraction of sp³-hybridized carbons (Fsp3) is 0.133. The number of halogens is 2. The zero-order chi connectivity index (χ0) is 29.9. The molecule has 42 heavy (non-hydrogen) atoms. The lowest BCUT2D eigenvalue weighted by atomic mass is 10.0. The number of amides is 1. The van der Waals surface area contributed by atoms with Gasteiger partial charge in [0.25, 0.3) is 5.91 Å². The number of benzene rings is 3. The molecule has 0 bridgehead atoms. The number of carbonyl (C=O) groups excluding carboxylic acids is 1. The van der Waals surface area contributed by atoms with Crippen molar-refractivity contribution in [2.24, 2.45) is 0 Å². The molecule has 3 aromatic heterocycles. The van der Waals surface area contributed by atoms with Crippen LogP contribution in [0.15, 0.2) is 69.5 Å². The summed E-state index contributed by atoms with van der Waals surface area (Å²) in [7, 11) is -0.799. The van der Waals surface area contributed by atoms with E-state index < -0.39 is 27.6 Å². The number of carbonyl (C=O) groups is 1. The highest BCUT2D eigenvalue weighted by Gasteiger charge is 2.27. The zero-order valence-electron chi connectivity index (χ0n) is 22.8. The molecule has 3 heterocycles. The van der Waals surface area contributed by atoms with Gasteiger partial charge in [0.05, 0.1) is 22.4 Å². The fourth-order valence-corrected chi connectivity index (χ4v) is 6.39. The number of hydrogen-bond acceptors (Lipinski definition) is 7. The van der Waals surface area contributed by atoms with Gasteiger partial charge in [-0.1, -0.05) is 6.07 Å². The van der Waals surface area contributed by atoms with Gasteiger partial charge >= 0.3 is 0 Å². The van der Waals surface area contributed by atoms with Crippen LogP contribution in [0.3, 0.4) is 0 Å². The molecule has 0 aliphatic carbocycles. The number of hydrogen-bond donors (Lipinski definition) is 1. The summed E-state index contributed by atoms with van der Waals surface area (Å²) in [6.07, 6.45) is 1.08. The van der Waals surface area contributed by atoms with Crippen molar-refractivity contribution in [1.82, 2.24) is 10.3 Å². The number of fused-ring (bicyclic) bond motifs is 2. The van der Waals surface area contributed by atoms with Crippen LogP contribution < -0.4 is 9.62 Å². The third-order valence-electron chi connectivity index (χ3n) is 6.95. The van der Waals surface area contributed by atoms with Crippen molar-refractivity contribution in [3.8, 4) is 32.5 Å². The molecule has 3 aromatic carbocycles. The summed E-state index contributed by atoms with van der Waals surface area (Å²) in [5.41, 5.74) is 2.98. The second kappa shape index (κ2) is 10.1. The largest absolute Gasteiger partial charge is 0.455 e. The third-order valence-corrected chi connectivity index (χ3v) is 9.40. The topological polar surface area (TPSA) is 106 Å². The van der Waals surface area contributed by atoms with Crippen molar-refractivity contribution in [1.29, 1.82) is 0 Å². The number of sulfonamides is 1. The van der Waals surface area contributed by atoms with Crippen molar-refractivity contribution in [3.05, 3.63) is 83.4 Å². The summed E-state index contributed by atoms with van der Waals surface area (Å²) in [4.78, 5) is 18.8. The van der Waals surface area contributed by atoms with Crippen molar-refractivity contribution < 1.29 is 30.8 Å². The summed E-state index contributed by atoms with van der Waals surface area (Å²) in [5, 5.41) is 3.06. The number of anilines is 1. The first kappa shape index (κ1) is 27.6. The fourth-order valence-electron chi connectivity index (χ4n) is 4.76. The van der Waals surface area contributed by atoms with Gasteiger partial charge in [-0.25, -0.2) is 22.2 Å². The molecule has 0 fully saturated rings. The Labute approximate surface area is 243 Å². The maximum absolute atomic E-state index is 14.3. The molecule has 0 aliphatic heterocycles. The second-order valence-corrected chi connectivity index (χ2v) is 12.8. The number of oxazole rings is 1. The van der Waals surface area contributed by atoms with Crippen LogP contribution in [0.25, 0.3) is 54.6 Å². The van der Waals surface area contributed by atoms with Gasteiger partial charge in [0.15, 0.2) is 11.4 Å². The normalized spacial score (nSPS) is 11.9. The summed E-state index contributed by atoms with van der Waals surface area (Å²) in [6.45, 7) is 1.85. The van der Waals surface area contributed by atoms with Crippen LogP contribution in [0.5, 0.6) is 0 Å². The molecule has 12 heteroatoms. The number of furan rings is 1. The molecule has 1 amide bonds. The summed E-state index contributed by atoms with van der Waals surface area (Å²) >= 11 is 1.29. The second-order valence-electron chi connectivity index (χ2n) is 9.72. The average molecular weight is 608 g/mol. The van der Waals surface area contributed by atoms with Crippen LogP contribution in [-0.2, 0) is 10.0 Å². The summed E-state index contributed by atoms with van der Waals surface area (Å²) in [6, 6.07) is 15.1. The Morgan fingerprint density at radius 3 is 2.43 bits per heavy atom. The van der Waals surface area contributed by atoms with Gasteiger partial charge in [0, 0.05) is 41.6 Å². The van der Waals surface area contributed by atoms with Gasteiger partial charge in [-0.2, -0.15) is 0 Å². The van der Waals surface area contributed by atoms with Crippen LogP contribution >= 0.6 is 11.3 Å². The van der Waals surface area contributed by atoms with E-state index in [4.69, 9.17) is 8.83 Å². The highest BCUT2D eigenvalue weighted by molar-refractivity contribution is 7.92. The number of aromatic nitrogens is 1. The van der Waals surface area contributed by atoms with E-state index in [9.17, 15) is 22.0 Å². The highest BCUT2D eigenvalue weighted by Crippen LogP contribution is 2.45. The maximum Gasteiger partial charge on any atom is 0.255 e. The van der Waals surface area contributed by atoms with Gasteiger partial charge in [0.2, 0.25) is 15.9 Å². The van der Waals surface area contributed by atoms with E-state index in [0.717, 1.165) is 16.1 Å². The first-order chi connectivity index (χ1) is 20.0. The minimum absolute atomic E-state index is 0.114. The number of rotatable bonds is 6. The van der Waals surface area contributed by atoms with E-state index in [1.165, 1.54) is 61.8 Å². The number of thiophene rings is 1. The summed E-state index contributed by atoms with van der Waals surface area (Å²) < 4.78 is 66.5. The van der Waals surface area contributed by atoms with E-state index in [-0.39, 0.29) is 28.3 Å². The Hall–Kier alpha value is -4.55. The molecule has 0 saturated carbocycles. The van der Waals surface area contributed by atoms with E-state index in [1.54, 1.807) is 18.2 Å². The number of para-hydroxylation sites is 1. The van der Waals surface area contributed by atoms with Crippen LogP contribution in [0, 0.1) is 18.6 Å². The number of aryl methyl sites for hydroxylation is 1. The molecule has 0 aliphatic rings. The van der Waals surface area contributed by atoms with Crippen LogP contribution in [0.4, 0.5) is 14.5 Å². The molecule has 0 unspecified atom stereocenters. The lowest BCUT2D eigenvalue weighted by Crippen LogP contribution is -2.25. The molecule has 6 rings (SSSR count). The molecule has 0 spiro atoms. The van der Waals surface area contributed by atoms with Crippen molar-refractivity contribution >= 4 is 55.0 Å². The Morgan fingerprint density at radius 2 is 1.76 bits per heavy atom. The van der Waals surface area contributed by atoms with Crippen molar-refractivity contribution in [3.63, 3.8) is 0 Å². The molecule has 214 valence electrons. The molecule has 6 aromatic rings. The number of nitrogens with zero attached hydrogens (tertiary/aromatic N) is 2. The first-order valence-corrected chi connectivity index (χ1v) is 15.3. The Kier molecular flexibility index (Phi) is 6.62. The van der Waals surface area contributed by atoms with Crippen molar-refractivity contribution in [2.45, 2.75) is 6.92 Å². The van der Waals surface area contributed by atoms with E-state index in [1.807, 2.05) is 13.0 Å². The van der Waals surface area contributed by atoms with Crippen molar-refractivity contribution in [2.75, 3.05) is 24.7 Å². The molecular formula is C30H23F2N3O5S2. The number of nitrogens with one attached hydrogen (secondary N) is 1. The smallest absolute Gasteiger partial charge is 0.255 e. The lowest BCUT2D eigenvalue weighted by Gasteiger charge is -2.20. The zero-order valence-corrected chi connectivity index (χ0v) is 24.4. The quantitative estimate of drug-likeness (QED) is 0.219. The van der Waals surface area contributed by atoms with E-state index in [0.29, 0.717) is 37.5 Å². The predicted molar refractivity (Wildman–Crippen MR) is 159 cm³/mol. The van der Waals surface area contributed by atoms with Gasteiger partial charge in [-0.15, -0.1) is 11.3 Å². The Morgan fingerprint density at radius 1 is 1.02 bits per heavy atom. The summed E-state index contributed by atoms with van der Waals surface area (Å²) in [5.74, 6) is -0.930. The molecule has 8 nitrogen and oxygen atoms in total. The first-order valence-electron chi connectivity index (χ1n) is 12.6. The van der Waals surface area contributed by atoms with Gasteiger partial charge in [-0.3, -0.25) is 9.10 Å². The third kappa shape index (κ3) is 4.62. The molecule has 1 N–H and O–H groups in total. The van der Waals surface area contributed by atoms with Gasteiger partial charge in [-0.05, 0) is 61.0 Å². The molecule has 0 radical (unpaired) electrons. The van der Waals surface area contributed by atoms with Crippen LogP contribution in [0.1, 0.15) is 15.9 Å². The average Bonchev–Trinajstić information content (AvgIpc) is 3.66. The minimum Gasteiger partial charge on any atom is -0.455 e. The van der Waals surface area contributed by atoms with Crippen LogP contribution in [0.2, 0.25) is 0 Å². The molecular weight excluding hydrogens is 584 g/mol. The lowest BCUT2D eigenvalue weighted by molar-refractivity contribution is 0.0964.